The summed E-state index contributed by atoms with van der Waals surface area (Å²) in [7, 11) is 1.27. The Morgan fingerprint density at radius 1 is 0.875 bits per heavy atom. The Kier molecular flexibility index (Phi) is 15.6. The molecule has 0 atom stereocenters. The number of esters is 1. The van der Waals surface area contributed by atoms with E-state index < -0.39 is 17.7 Å². The highest BCUT2D eigenvalue weighted by atomic mass is 32.1. The fraction of sp³-hybridized carbons (Fsp3) is 0.474. The van der Waals surface area contributed by atoms with Crippen LogP contribution in [0.3, 0.4) is 0 Å². The second-order valence-corrected chi connectivity index (χ2v) is 13.6. The van der Waals surface area contributed by atoms with E-state index in [1.54, 1.807) is 18.2 Å². The summed E-state index contributed by atoms with van der Waals surface area (Å²) in [5, 5.41) is 1.71. The minimum absolute atomic E-state index is 0.127. The van der Waals surface area contributed by atoms with Crippen LogP contribution in [0, 0.1) is 0 Å². The van der Waals surface area contributed by atoms with E-state index in [4.69, 9.17) is 24.7 Å². The van der Waals surface area contributed by atoms with Gasteiger partial charge in [0.05, 0.1) is 51.4 Å². The van der Waals surface area contributed by atoms with Gasteiger partial charge in [-0.15, -0.1) is 11.3 Å². The molecule has 56 heavy (non-hydrogen) atoms. The number of anilines is 3. The number of carbonyl (C=O) groups excluding carboxylic acids is 2. The molecule has 302 valence electrons. The molecule has 0 bridgehead atoms. The Bertz CT molecular complexity index is 1830. The van der Waals surface area contributed by atoms with E-state index in [0.717, 1.165) is 35.8 Å². The smallest absolute Gasteiger partial charge is 0.417 e. The van der Waals surface area contributed by atoms with Gasteiger partial charge in [0.15, 0.2) is 17.3 Å². The molecule has 2 saturated heterocycles. The lowest BCUT2D eigenvalue weighted by atomic mass is 10.1. The number of hydrogen-bond donors (Lipinski definition) is 1. The van der Waals surface area contributed by atoms with Crippen LogP contribution in [0.1, 0.15) is 64.9 Å². The number of rotatable bonds is 15. The van der Waals surface area contributed by atoms with E-state index in [1.165, 1.54) is 38.2 Å². The second kappa shape index (κ2) is 20.7. The number of ether oxygens (including phenoxy) is 5. The maximum absolute atomic E-state index is 13.6. The van der Waals surface area contributed by atoms with E-state index in [-0.39, 0.29) is 40.2 Å². The molecule has 3 aromatic heterocycles. The van der Waals surface area contributed by atoms with Gasteiger partial charge < -0.3 is 39.2 Å². The molecule has 0 saturated carbocycles. The number of methoxy groups -OCH3 is 1. The Morgan fingerprint density at radius 3 is 2.16 bits per heavy atom. The van der Waals surface area contributed by atoms with E-state index in [2.05, 4.69) is 31.6 Å². The molecule has 14 nitrogen and oxygen atoms in total. The minimum atomic E-state index is -4.59. The number of unbranched alkanes of at least 4 members (excludes halogenated alkanes) is 4. The molecule has 0 radical (unpaired) electrons. The molecule has 5 heterocycles. The molecule has 2 aliphatic rings. The zero-order chi connectivity index (χ0) is 39.9. The number of alkyl halides is 3. The predicted octanol–water partition coefficient (Wildman–Crippen LogP) is 6.35. The van der Waals surface area contributed by atoms with Crippen LogP contribution in [0.4, 0.5) is 30.8 Å². The first-order chi connectivity index (χ1) is 27.0. The van der Waals surface area contributed by atoms with Crippen molar-refractivity contribution >= 4 is 40.7 Å². The lowest BCUT2D eigenvalue weighted by Gasteiger charge is -2.31. The number of ketones is 1. The van der Waals surface area contributed by atoms with Gasteiger partial charge in [0.1, 0.15) is 23.1 Å². The summed E-state index contributed by atoms with van der Waals surface area (Å²) in [5.74, 6) is 1.24. The summed E-state index contributed by atoms with van der Waals surface area (Å²) in [6.07, 6.45) is 2.53. The lowest BCUT2D eigenvalue weighted by Crippen LogP contribution is -2.39. The van der Waals surface area contributed by atoms with Crippen LogP contribution in [0.25, 0.3) is 11.3 Å². The number of carbonyl (C=O) groups is 2. The first-order valence-corrected chi connectivity index (χ1v) is 19.2. The SMILES string of the molecule is CCCCCCCOc1ccc(OCC(=O)c2nc(C(=O)OC)cs2)cc1.Nc1cc(C(F)(F)F)c(-c2cc(N3CCOCC3)nc(N3CCOCC3)n2)cn1. The second-order valence-electron chi connectivity index (χ2n) is 12.7. The van der Waals surface area contributed by atoms with Crippen molar-refractivity contribution in [1.29, 1.82) is 0 Å². The number of nitrogens with zero attached hydrogens (tertiary/aromatic N) is 6. The van der Waals surface area contributed by atoms with Crippen LogP contribution in [0.2, 0.25) is 0 Å². The van der Waals surface area contributed by atoms with E-state index >= 15 is 0 Å². The summed E-state index contributed by atoms with van der Waals surface area (Å²) in [6.45, 7) is 7.18. The number of nitrogens with two attached hydrogens (primary N) is 1. The molecular weight excluding hydrogens is 756 g/mol. The molecule has 0 amide bonds. The van der Waals surface area contributed by atoms with Gasteiger partial charge in [-0.1, -0.05) is 32.6 Å². The topological polar surface area (TPSA) is 164 Å². The number of nitrogen functional groups attached to an aromatic ring is 1. The molecule has 18 heteroatoms. The van der Waals surface area contributed by atoms with Crippen molar-refractivity contribution in [3.8, 4) is 22.8 Å². The third-order valence-corrected chi connectivity index (χ3v) is 9.57. The van der Waals surface area contributed by atoms with Crippen molar-refractivity contribution in [2.45, 2.75) is 45.2 Å². The molecule has 0 spiro atoms. The third kappa shape index (κ3) is 12.2. The van der Waals surface area contributed by atoms with Crippen LogP contribution < -0.4 is 25.0 Å². The number of pyridine rings is 1. The number of morpholine rings is 2. The zero-order valence-corrected chi connectivity index (χ0v) is 32.2. The van der Waals surface area contributed by atoms with Crippen molar-refractivity contribution in [2.75, 3.05) is 88.5 Å². The summed E-state index contributed by atoms with van der Waals surface area (Å²) in [5.41, 5.74) is 4.79. The van der Waals surface area contributed by atoms with Crippen molar-refractivity contribution in [3.05, 3.63) is 64.2 Å². The lowest BCUT2D eigenvalue weighted by molar-refractivity contribution is -0.137. The highest BCUT2D eigenvalue weighted by Crippen LogP contribution is 2.38. The van der Waals surface area contributed by atoms with Gasteiger partial charge in [-0.25, -0.2) is 19.7 Å². The molecular formula is C38H46F3N7O7S. The van der Waals surface area contributed by atoms with Crippen LogP contribution in [-0.2, 0) is 20.4 Å². The number of hydrogen-bond acceptors (Lipinski definition) is 15. The van der Waals surface area contributed by atoms with Gasteiger partial charge in [0.2, 0.25) is 11.7 Å². The maximum Gasteiger partial charge on any atom is 0.417 e. The molecule has 2 N–H and O–H groups in total. The Hall–Kier alpha value is -5.07. The van der Waals surface area contributed by atoms with E-state index in [9.17, 15) is 22.8 Å². The van der Waals surface area contributed by atoms with Gasteiger partial charge in [-0.3, -0.25) is 4.79 Å². The minimum Gasteiger partial charge on any atom is -0.494 e. The average molecular weight is 802 g/mol. The van der Waals surface area contributed by atoms with Crippen LogP contribution >= 0.6 is 11.3 Å². The average Bonchev–Trinajstić information content (AvgIpc) is 3.73. The molecule has 4 aromatic rings. The first-order valence-electron chi connectivity index (χ1n) is 18.4. The van der Waals surface area contributed by atoms with Gasteiger partial charge in [-0.2, -0.15) is 18.2 Å². The highest BCUT2D eigenvalue weighted by Gasteiger charge is 2.35. The molecule has 2 aliphatic heterocycles. The number of Topliss-reactive ketones (excluding diaryl/α,β-unsaturated/α-hetero) is 1. The largest absolute Gasteiger partial charge is 0.494 e. The third-order valence-electron chi connectivity index (χ3n) is 8.68. The van der Waals surface area contributed by atoms with Crippen molar-refractivity contribution in [1.82, 2.24) is 19.9 Å². The van der Waals surface area contributed by atoms with Gasteiger partial charge >= 0.3 is 12.1 Å². The summed E-state index contributed by atoms with van der Waals surface area (Å²) in [4.78, 5) is 44.3. The summed E-state index contributed by atoms with van der Waals surface area (Å²) in [6, 6.07) is 9.58. The Balaban J connectivity index is 0.000000215. The van der Waals surface area contributed by atoms with Crippen molar-refractivity contribution < 1.29 is 46.4 Å². The van der Waals surface area contributed by atoms with E-state index in [1.807, 2.05) is 21.9 Å². The van der Waals surface area contributed by atoms with Crippen molar-refractivity contribution in [3.63, 3.8) is 0 Å². The monoisotopic (exact) mass is 801 g/mol. The fourth-order valence-corrected chi connectivity index (χ4v) is 6.38. The first kappa shape index (κ1) is 42.1. The standard InChI is InChI=1S/C20H25NO5S.C18H21F3N6O2/c1-3-4-5-6-7-12-25-15-8-10-16(11-9-15)26-13-18(22)19-21-17(14-27-19)20(23)24-2;19-18(20,21)13-9-15(22)23-11-12(13)14-10-16(26-1-5-28-6-2-26)25-17(24-14)27-3-7-29-8-4-27/h8-11,14H,3-7,12-13H2,1-2H3;9-11H,1-8H2,(H2,22,23). The highest BCUT2D eigenvalue weighted by molar-refractivity contribution is 7.12. The molecule has 2 fully saturated rings. The zero-order valence-electron chi connectivity index (χ0n) is 31.4. The van der Waals surface area contributed by atoms with Crippen LogP contribution in [-0.4, -0.2) is 105 Å². The van der Waals surface area contributed by atoms with Gasteiger partial charge in [0.25, 0.3) is 0 Å². The maximum atomic E-state index is 13.6. The molecule has 6 rings (SSSR count). The normalized spacial score (nSPS) is 14.4. The number of benzene rings is 1. The van der Waals surface area contributed by atoms with Crippen molar-refractivity contribution in [2.24, 2.45) is 0 Å². The van der Waals surface area contributed by atoms with E-state index in [0.29, 0.717) is 76.7 Å². The quantitative estimate of drug-likeness (QED) is 0.0803. The van der Waals surface area contributed by atoms with Crippen LogP contribution in [0.15, 0.2) is 48.0 Å². The summed E-state index contributed by atoms with van der Waals surface area (Å²) >= 11 is 1.09. The molecule has 0 unspecified atom stereocenters. The van der Waals surface area contributed by atoms with Gasteiger partial charge in [0, 0.05) is 49.4 Å². The number of aromatic nitrogens is 4. The fourth-order valence-electron chi connectivity index (χ4n) is 5.67. The molecule has 0 aliphatic carbocycles. The Labute approximate surface area is 327 Å². The number of halogens is 3. The summed E-state index contributed by atoms with van der Waals surface area (Å²) < 4.78 is 67.4. The predicted molar refractivity (Wildman–Crippen MR) is 205 cm³/mol. The molecule has 1 aromatic carbocycles. The Morgan fingerprint density at radius 2 is 1.52 bits per heavy atom. The van der Waals surface area contributed by atoms with Crippen LogP contribution in [0.5, 0.6) is 11.5 Å². The number of thiazole rings is 1. The van der Waals surface area contributed by atoms with Gasteiger partial charge in [-0.05, 0) is 36.8 Å².